The number of likely N-dealkylation sites (tertiary alicyclic amines) is 1. The first-order valence-corrected chi connectivity index (χ1v) is 20.3. The van der Waals surface area contributed by atoms with Gasteiger partial charge in [-0.1, -0.05) is 90.0 Å². The number of amides is 1. The number of piperidine rings is 1. The zero-order valence-electron chi connectivity index (χ0n) is 32.6. The lowest BCUT2D eigenvalue weighted by atomic mass is 9.88. The molecule has 6 rings (SSSR count). The number of hydrogen-bond acceptors (Lipinski definition) is 9. The van der Waals surface area contributed by atoms with E-state index >= 15 is 0 Å². The van der Waals surface area contributed by atoms with E-state index in [1.807, 2.05) is 114 Å². The van der Waals surface area contributed by atoms with Gasteiger partial charge in [-0.3, -0.25) is 14.1 Å². The first-order valence-electron chi connectivity index (χ1n) is 18.6. The highest BCUT2D eigenvalue weighted by atomic mass is 35.5. The van der Waals surface area contributed by atoms with E-state index in [-0.39, 0.29) is 18.2 Å². The molecular formula is C42H55ClN4O8S. The Hall–Kier alpha value is -4.18. The van der Waals surface area contributed by atoms with E-state index in [9.17, 15) is 15.0 Å². The predicted octanol–water partition coefficient (Wildman–Crippen LogP) is 6.89. The Balaban J connectivity index is 0.000000240. The molecule has 0 bridgehead atoms. The number of nitrogens with one attached hydrogen (secondary N) is 2. The Bertz CT molecular complexity index is 1880. The Morgan fingerprint density at radius 3 is 1.79 bits per heavy atom. The number of hydrogen-bond donors (Lipinski definition) is 6. The van der Waals surface area contributed by atoms with Crippen LogP contribution in [0.2, 0.25) is 5.02 Å². The summed E-state index contributed by atoms with van der Waals surface area (Å²) in [6.07, 6.45) is 4.41. The summed E-state index contributed by atoms with van der Waals surface area (Å²) < 4.78 is 36.7. The number of carbonyl (C=O) groups is 1. The van der Waals surface area contributed by atoms with Crippen molar-refractivity contribution in [2.45, 2.75) is 70.7 Å². The van der Waals surface area contributed by atoms with Crippen molar-refractivity contribution in [1.82, 2.24) is 20.5 Å². The number of carbonyl (C=O) groups excluding carboxylic acids is 1. The van der Waals surface area contributed by atoms with Gasteiger partial charge in [0.2, 0.25) is 0 Å². The van der Waals surface area contributed by atoms with Crippen LogP contribution in [0.25, 0.3) is 5.57 Å². The molecule has 4 atom stereocenters. The number of ether oxygens (including phenoxy) is 1. The summed E-state index contributed by atoms with van der Waals surface area (Å²) in [5.74, 6) is 0. The van der Waals surface area contributed by atoms with E-state index in [2.05, 4.69) is 28.8 Å². The molecule has 1 fully saturated rings. The molecule has 0 saturated carbocycles. The number of benzene rings is 3. The zero-order valence-corrected chi connectivity index (χ0v) is 34.2. The molecule has 4 unspecified atom stereocenters. The molecule has 0 radical (unpaired) electrons. The Morgan fingerprint density at radius 1 is 0.804 bits per heavy atom. The molecule has 304 valence electrons. The maximum absolute atomic E-state index is 12.0. The molecular weight excluding hydrogens is 756 g/mol. The highest BCUT2D eigenvalue weighted by Crippen LogP contribution is 2.38. The van der Waals surface area contributed by atoms with E-state index in [1.54, 1.807) is 4.90 Å². The average Bonchev–Trinajstić information content (AvgIpc) is 3.37. The van der Waals surface area contributed by atoms with Gasteiger partial charge in [0.25, 0.3) is 0 Å². The smallest absolute Gasteiger partial charge is 0.409 e. The van der Waals surface area contributed by atoms with Gasteiger partial charge in [0.05, 0.1) is 24.5 Å². The van der Waals surface area contributed by atoms with Crippen molar-refractivity contribution in [3.05, 3.63) is 141 Å². The van der Waals surface area contributed by atoms with Gasteiger partial charge >= 0.3 is 16.5 Å². The van der Waals surface area contributed by atoms with Gasteiger partial charge in [-0.25, -0.2) is 4.79 Å². The van der Waals surface area contributed by atoms with Crippen molar-refractivity contribution in [2.75, 3.05) is 33.8 Å². The van der Waals surface area contributed by atoms with Crippen LogP contribution in [-0.4, -0.2) is 89.6 Å². The number of fused-ring (bicyclic) bond motifs is 2. The minimum absolute atomic E-state index is 0.0902. The predicted molar refractivity (Wildman–Crippen MR) is 221 cm³/mol. The van der Waals surface area contributed by atoms with Crippen LogP contribution in [0, 0.1) is 0 Å². The van der Waals surface area contributed by atoms with Crippen LogP contribution >= 0.6 is 11.6 Å². The molecule has 4 aromatic rings. The van der Waals surface area contributed by atoms with Crippen molar-refractivity contribution in [3.8, 4) is 0 Å². The number of likely N-dealkylation sites (N-methyl/N-ethyl adjacent to an activating group) is 2. The molecule has 1 amide bonds. The van der Waals surface area contributed by atoms with E-state index in [0.29, 0.717) is 19.7 Å². The molecule has 1 aliphatic carbocycles. The number of aliphatic hydroxyl groups excluding tert-OH is 2. The van der Waals surface area contributed by atoms with Crippen LogP contribution in [0.4, 0.5) is 4.79 Å². The summed E-state index contributed by atoms with van der Waals surface area (Å²) in [6.45, 7) is 7.53. The standard InChI is InChI=1S/C22H23ClN2O2.2C10H15NO.H2O4S/c1-2-27-22(26)25-12-9-15(10-13-25)20-19-8-7-18(23)14-17(19)6-5-16-4-3-11-24-21(16)20;2*1-8(11-2)10(12)9-6-4-3-5-7-9;1-5(2,3)4/h3-4,7-8,11,14H,2,5-6,9-10,12-13H2,1H3;2*3-8,10-12H,1-2H3;(H2,1,2,3,4). The van der Waals surface area contributed by atoms with Crippen LogP contribution in [0.3, 0.4) is 0 Å². The molecule has 1 aromatic heterocycles. The number of pyridine rings is 1. The maximum Gasteiger partial charge on any atom is 0.409 e. The fourth-order valence-corrected chi connectivity index (χ4v) is 6.45. The van der Waals surface area contributed by atoms with E-state index in [1.165, 1.54) is 27.8 Å². The van der Waals surface area contributed by atoms with Gasteiger partial charge in [-0.2, -0.15) is 8.42 Å². The van der Waals surface area contributed by atoms with E-state index in [4.69, 9.17) is 38.8 Å². The quantitative estimate of drug-likeness (QED) is 0.107. The third-order valence-electron chi connectivity index (χ3n) is 9.52. The second-order valence-electron chi connectivity index (χ2n) is 13.3. The zero-order chi connectivity index (χ0) is 41.3. The van der Waals surface area contributed by atoms with Gasteiger partial charge in [0.1, 0.15) is 0 Å². The minimum Gasteiger partial charge on any atom is -0.450 e. The van der Waals surface area contributed by atoms with Gasteiger partial charge in [-0.15, -0.1) is 0 Å². The molecule has 2 aliphatic rings. The van der Waals surface area contributed by atoms with Crippen LogP contribution in [0.1, 0.15) is 79.3 Å². The Labute approximate surface area is 336 Å². The summed E-state index contributed by atoms with van der Waals surface area (Å²) in [4.78, 5) is 18.6. The SMILES string of the molecule is CCOC(=O)N1CCC(=C2c3ccc(Cl)cc3CCc3cccnc32)CC1.CNC(C)C(O)c1ccccc1.CNC(C)C(O)c1ccccc1.O=S(=O)(O)O. The number of halogens is 1. The van der Waals surface area contributed by atoms with Crippen molar-refractivity contribution in [2.24, 2.45) is 0 Å². The number of nitrogens with zero attached hydrogens (tertiary/aromatic N) is 2. The second kappa shape index (κ2) is 23.1. The second-order valence-corrected chi connectivity index (χ2v) is 14.6. The molecule has 2 heterocycles. The topological polar surface area (TPSA) is 182 Å². The third-order valence-corrected chi connectivity index (χ3v) is 9.75. The van der Waals surface area contributed by atoms with Gasteiger partial charge in [0, 0.05) is 42.0 Å². The van der Waals surface area contributed by atoms with Crippen LogP contribution in [0.5, 0.6) is 0 Å². The number of aliphatic hydroxyl groups is 2. The molecule has 12 nitrogen and oxygen atoms in total. The third kappa shape index (κ3) is 14.7. The molecule has 56 heavy (non-hydrogen) atoms. The van der Waals surface area contributed by atoms with Crippen molar-refractivity contribution in [1.29, 1.82) is 0 Å². The lowest BCUT2D eigenvalue weighted by molar-refractivity contribution is 0.104. The first-order chi connectivity index (χ1) is 26.7. The van der Waals surface area contributed by atoms with Gasteiger partial charge in [0.15, 0.2) is 0 Å². The lowest BCUT2D eigenvalue weighted by Gasteiger charge is -2.29. The average molecular weight is 811 g/mol. The van der Waals surface area contributed by atoms with E-state index < -0.39 is 22.6 Å². The summed E-state index contributed by atoms with van der Waals surface area (Å²) >= 11 is 6.27. The molecule has 0 spiro atoms. The molecule has 6 N–H and O–H groups in total. The number of aromatic nitrogens is 1. The number of rotatable bonds is 7. The van der Waals surface area contributed by atoms with Crippen LogP contribution in [0.15, 0.2) is 103 Å². The molecule has 1 saturated heterocycles. The monoisotopic (exact) mass is 810 g/mol. The highest BCUT2D eigenvalue weighted by Gasteiger charge is 2.27. The van der Waals surface area contributed by atoms with Crippen molar-refractivity contribution in [3.63, 3.8) is 0 Å². The van der Waals surface area contributed by atoms with Crippen molar-refractivity contribution < 1.29 is 37.3 Å². The van der Waals surface area contributed by atoms with Crippen molar-refractivity contribution >= 4 is 33.7 Å². The van der Waals surface area contributed by atoms with Gasteiger partial charge in [-0.05, 0) is 107 Å². The largest absolute Gasteiger partial charge is 0.450 e. The first kappa shape index (κ1) is 46.2. The Morgan fingerprint density at radius 2 is 1.30 bits per heavy atom. The summed E-state index contributed by atoms with van der Waals surface area (Å²) in [7, 11) is -0.979. The Kier molecular flexibility index (Phi) is 19.1. The van der Waals surface area contributed by atoms with Crippen LogP contribution in [-0.2, 0) is 28.0 Å². The fraction of sp³-hybridized carbons (Fsp3) is 0.381. The normalized spacial score (nSPS) is 15.6. The van der Waals surface area contributed by atoms with Crippen LogP contribution < -0.4 is 10.6 Å². The maximum atomic E-state index is 12.0. The molecule has 14 heteroatoms. The minimum atomic E-state index is -4.67. The summed E-state index contributed by atoms with van der Waals surface area (Å²) in [5.41, 5.74) is 9.38. The highest BCUT2D eigenvalue weighted by molar-refractivity contribution is 7.79. The summed E-state index contributed by atoms with van der Waals surface area (Å²) in [6, 6.07) is 29.9. The van der Waals surface area contributed by atoms with Gasteiger partial charge < -0.3 is 30.5 Å². The van der Waals surface area contributed by atoms with E-state index in [0.717, 1.165) is 47.5 Å². The fourth-order valence-electron chi connectivity index (χ4n) is 6.25. The molecule has 1 aliphatic heterocycles. The lowest BCUT2D eigenvalue weighted by Crippen LogP contribution is -2.37. The summed E-state index contributed by atoms with van der Waals surface area (Å²) in [5, 5.41) is 26.3. The molecule has 3 aromatic carbocycles. The number of aryl methyl sites for hydroxylation is 2.